The summed E-state index contributed by atoms with van der Waals surface area (Å²) in [5.41, 5.74) is 1.46. The first-order valence-electron chi connectivity index (χ1n) is 7.60. The zero-order chi connectivity index (χ0) is 14.6. The molecule has 1 heterocycles. The van der Waals surface area contributed by atoms with Gasteiger partial charge in [0, 0.05) is 34.4 Å². The van der Waals surface area contributed by atoms with Crippen molar-refractivity contribution in [2.45, 2.75) is 50.6 Å². The molecule has 20 heavy (non-hydrogen) atoms. The second-order valence-corrected chi connectivity index (χ2v) is 6.90. The van der Waals surface area contributed by atoms with Gasteiger partial charge in [0.15, 0.2) is 0 Å². The maximum absolute atomic E-state index is 4.56. The number of pyridine rings is 1. The molecule has 0 radical (unpaired) electrons. The molecule has 2 rings (SSSR count). The maximum atomic E-state index is 4.56. The molecule has 1 fully saturated rings. The Balaban J connectivity index is 2.19. The lowest BCUT2D eigenvalue weighted by Crippen LogP contribution is -2.58. The standard InChI is InChI=1S/C16H26BrN3/c1-4-18-15(11-14-8-7-13(17)12-19-14)16(20(2)3)9-5-6-10-16/h7-8,12,15,18H,4-6,9-11H2,1-3H3. The summed E-state index contributed by atoms with van der Waals surface area (Å²) in [7, 11) is 4.45. The smallest absolute Gasteiger partial charge is 0.0420 e. The second-order valence-electron chi connectivity index (χ2n) is 5.99. The summed E-state index contributed by atoms with van der Waals surface area (Å²) in [5, 5.41) is 3.72. The molecule has 0 aliphatic heterocycles. The van der Waals surface area contributed by atoms with Crippen molar-refractivity contribution in [3.05, 3.63) is 28.5 Å². The third-order valence-electron chi connectivity index (χ3n) is 4.66. The number of hydrogen-bond acceptors (Lipinski definition) is 3. The lowest BCUT2D eigenvalue weighted by molar-refractivity contribution is 0.105. The quantitative estimate of drug-likeness (QED) is 0.862. The van der Waals surface area contributed by atoms with Crippen LogP contribution in [0.3, 0.4) is 0 Å². The Hall–Kier alpha value is -0.450. The van der Waals surface area contributed by atoms with E-state index in [1.807, 2.05) is 6.20 Å². The highest BCUT2D eigenvalue weighted by Gasteiger charge is 2.42. The molecule has 1 saturated carbocycles. The van der Waals surface area contributed by atoms with Gasteiger partial charge in [-0.1, -0.05) is 19.8 Å². The zero-order valence-corrected chi connectivity index (χ0v) is 14.4. The zero-order valence-electron chi connectivity index (χ0n) is 12.8. The predicted octanol–water partition coefficient (Wildman–Crippen LogP) is 3.24. The van der Waals surface area contributed by atoms with Crippen molar-refractivity contribution in [1.82, 2.24) is 15.2 Å². The number of nitrogens with one attached hydrogen (secondary N) is 1. The van der Waals surface area contributed by atoms with Crippen LogP contribution < -0.4 is 5.32 Å². The van der Waals surface area contributed by atoms with Gasteiger partial charge in [-0.25, -0.2) is 0 Å². The fourth-order valence-corrected chi connectivity index (χ4v) is 3.76. The maximum Gasteiger partial charge on any atom is 0.0420 e. The Bertz CT molecular complexity index is 410. The molecular weight excluding hydrogens is 314 g/mol. The molecule has 4 heteroatoms. The number of likely N-dealkylation sites (N-methyl/N-ethyl adjacent to an activating group) is 2. The van der Waals surface area contributed by atoms with Gasteiger partial charge >= 0.3 is 0 Å². The molecule has 1 N–H and O–H groups in total. The van der Waals surface area contributed by atoms with E-state index in [9.17, 15) is 0 Å². The monoisotopic (exact) mass is 339 g/mol. The predicted molar refractivity (Wildman–Crippen MR) is 88.0 cm³/mol. The molecule has 1 atom stereocenters. The van der Waals surface area contributed by atoms with Crippen molar-refractivity contribution in [2.75, 3.05) is 20.6 Å². The molecule has 1 aliphatic rings. The largest absolute Gasteiger partial charge is 0.312 e. The molecule has 0 amide bonds. The second kappa shape index (κ2) is 7.01. The van der Waals surface area contributed by atoms with Gasteiger partial charge in [0.2, 0.25) is 0 Å². The third kappa shape index (κ3) is 3.41. The number of halogens is 1. The van der Waals surface area contributed by atoms with Crippen molar-refractivity contribution < 1.29 is 0 Å². The molecule has 0 aromatic carbocycles. The number of rotatable bonds is 6. The molecule has 0 spiro atoms. The summed E-state index contributed by atoms with van der Waals surface area (Å²) < 4.78 is 1.05. The van der Waals surface area contributed by atoms with E-state index in [1.165, 1.54) is 31.4 Å². The van der Waals surface area contributed by atoms with Gasteiger partial charge in [0.25, 0.3) is 0 Å². The Labute approximate surface area is 131 Å². The van der Waals surface area contributed by atoms with E-state index in [0.29, 0.717) is 6.04 Å². The molecule has 1 aromatic rings. The molecular formula is C16H26BrN3. The van der Waals surface area contributed by atoms with Crippen LogP contribution in [0, 0.1) is 0 Å². The van der Waals surface area contributed by atoms with Gasteiger partial charge in [0.1, 0.15) is 0 Å². The van der Waals surface area contributed by atoms with E-state index in [2.05, 4.69) is 64.3 Å². The van der Waals surface area contributed by atoms with Crippen LogP contribution in [0.5, 0.6) is 0 Å². The van der Waals surface area contributed by atoms with Gasteiger partial charge in [-0.15, -0.1) is 0 Å². The normalized spacial score (nSPS) is 19.4. The van der Waals surface area contributed by atoms with E-state index in [4.69, 9.17) is 0 Å². The minimum Gasteiger partial charge on any atom is -0.312 e. The van der Waals surface area contributed by atoms with E-state index >= 15 is 0 Å². The van der Waals surface area contributed by atoms with Crippen LogP contribution in [-0.2, 0) is 6.42 Å². The van der Waals surface area contributed by atoms with E-state index < -0.39 is 0 Å². The van der Waals surface area contributed by atoms with E-state index in [0.717, 1.165) is 17.4 Å². The van der Waals surface area contributed by atoms with Gasteiger partial charge in [-0.05, 0) is 61.5 Å². The van der Waals surface area contributed by atoms with Crippen LogP contribution in [-0.4, -0.2) is 42.1 Å². The molecule has 0 bridgehead atoms. The fraction of sp³-hybridized carbons (Fsp3) is 0.688. The van der Waals surface area contributed by atoms with Crippen molar-refractivity contribution in [3.63, 3.8) is 0 Å². The summed E-state index contributed by atoms with van der Waals surface area (Å²) >= 11 is 3.46. The first kappa shape index (κ1) is 15.9. The van der Waals surface area contributed by atoms with Crippen LogP contribution >= 0.6 is 15.9 Å². The molecule has 112 valence electrons. The van der Waals surface area contributed by atoms with E-state index in [-0.39, 0.29) is 5.54 Å². The van der Waals surface area contributed by atoms with Crippen molar-refractivity contribution in [1.29, 1.82) is 0 Å². The summed E-state index contributed by atoms with van der Waals surface area (Å²) in [4.78, 5) is 6.99. The van der Waals surface area contributed by atoms with Gasteiger partial charge in [-0.3, -0.25) is 4.98 Å². The minimum atomic E-state index is 0.283. The first-order valence-corrected chi connectivity index (χ1v) is 8.39. The highest BCUT2D eigenvalue weighted by molar-refractivity contribution is 9.10. The van der Waals surface area contributed by atoms with Gasteiger partial charge in [0.05, 0.1) is 0 Å². The third-order valence-corrected chi connectivity index (χ3v) is 5.13. The van der Waals surface area contributed by atoms with Crippen LogP contribution in [0.15, 0.2) is 22.8 Å². The molecule has 1 aromatic heterocycles. The van der Waals surface area contributed by atoms with Crippen molar-refractivity contribution >= 4 is 15.9 Å². The van der Waals surface area contributed by atoms with Crippen LogP contribution in [0.2, 0.25) is 0 Å². The average Bonchev–Trinajstić information content (AvgIpc) is 2.91. The SMILES string of the molecule is CCNC(Cc1ccc(Br)cn1)C1(N(C)C)CCCC1. The average molecular weight is 340 g/mol. The highest BCUT2D eigenvalue weighted by Crippen LogP contribution is 2.37. The number of hydrogen-bond donors (Lipinski definition) is 1. The number of nitrogens with zero attached hydrogens (tertiary/aromatic N) is 2. The Morgan fingerprint density at radius 3 is 2.55 bits per heavy atom. The lowest BCUT2D eigenvalue weighted by Gasteiger charge is -2.43. The van der Waals surface area contributed by atoms with Crippen molar-refractivity contribution in [3.8, 4) is 0 Å². The minimum absolute atomic E-state index is 0.283. The molecule has 1 aliphatic carbocycles. The Morgan fingerprint density at radius 1 is 1.35 bits per heavy atom. The summed E-state index contributed by atoms with van der Waals surface area (Å²) in [6.07, 6.45) is 8.15. The number of aromatic nitrogens is 1. The lowest BCUT2D eigenvalue weighted by atomic mass is 9.84. The summed E-state index contributed by atoms with van der Waals surface area (Å²) in [6, 6.07) is 4.69. The topological polar surface area (TPSA) is 28.2 Å². The van der Waals surface area contributed by atoms with Crippen LogP contribution in [0.4, 0.5) is 0 Å². The van der Waals surface area contributed by atoms with Crippen molar-refractivity contribution in [2.24, 2.45) is 0 Å². The first-order chi connectivity index (χ1) is 9.58. The van der Waals surface area contributed by atoms with Crippen LogP contribution in [0.1, 0.15) is 38.3 Å². The summed E-state index contributed by atoms with van der Waals surface area (Å²) in [5.74, 6) is 0. The van der Waals surface area contributed by atoms with Gasteiger partial charge < -0.3 is 10.2 Å². The molecule has 0 saturated heterocycles. The van der Waals surface area contributed by atoms with Crippen LogP contribution in [0.25, 0.3) is 0 Å². The fourth-order valence-electron chi connectivity index (χ4n) is 3.53. The Kier molecular flexibility index (Phi) is 5.58. The van der Waals surface area contributed by atoms with E-state index in [1.54, 1.807) is 0 Å². The summed E-state index contributed by atoms with van der Waals surface area (Å²) in [6.45, 7) is 3.21. The Morgan fingerprint density at radius 2 is 2.05 bits per heavy atom. The molecule has 3 nitrogen and oxygen atoms in total. The highest BCUT2D eigenvalue weighted by atomic mass is 79.9. The van der Waals surface area contributed by atoms with Gasteiger partial charge in [-0.2, -0.15) is 0 Å². The molecule has 1 unspecified atom stereocenters.